The van der Waals surface area contributed by atoms with Crippen molar-refractivity contribution in [1.82, 2.24) is 10.3 Å². The molecule has 96 valence electrons. The predicted molar refractivity (Wildman–Crippen MR) is 71.3 cm³/mol. The van der Waals surface area contributed by atoms with E-state index in [2.05, 4.69) is 10.3 Å². The Labute approximate surface area is 109 Å². The maximum absolute atomic E-state index is 11.8. The molecule has 1 aromatic heterocycles. The number of piperidine rings is 1. The van der Waals surface area contributed by atoms with E-state index >= 15 is 0 Å². The van der Waals surface area contributed by atoms with Gasteiger partial charge in [0.05, 0.1) is 5.92 Å². The number of anilines is 1. The summed E-state index contributed by atoms with van der Waals surface area (Å²) in [5, 5.41) is 4.30. The van der Waals surface area contributed by atoms with E-state index in [0.717, 1.165) is 16.3 Å². The van der Waals surface area contributed by atoms with E-state index in [4.69, 9.17) is 5.73 Å². The van der Waals surface area contributed by atoms with Crippen molar-refractivity contribution in [2.24, 2.45) is 0 Å². The summed E-state index contributed by atoms with van der Waals surface area (Å²) < 4.78 is 0. The number of amides is 2. The van der Waals surface area contributed by atoms with Crippen LogP contribution in [0.5, 0.6) is 0 Å². The lowest BCUT2D eigenvalue weighted by Crippen LogP contribution is -2.39. The summed E-state index contributed by atoms with van der Waals surface area (Å²) in [5.41, 5.74) is 6.57. The first-order valence-corrected chi connectivity index (χ1v) is 6.12. The van der Waals surface area contributed by atoms with Crippen LogP contribution in [0.15, 0.2) is 30.5 Å². The van der Waals surface area contributed by atoms with Gasteiger partial charge in [-0.2, -0.15) is 0 Å². The van der Waals surface area contributed by atoms with Crippen LogP contribution < -0.4 is 11.1 Å². The molecule has 1 aliphatic rings. The minimum absolute atomic E-state index is 0.199. The van der Waals surface area contributed by atoms with Crippen LogP contribution in [0.25, 0.3) is 10.8 Å². The summed E-state index contributed by atoms with van der Waals surface area (Å²) >= 11 is 0. The zero-order valence-corrected chi connectivity index (χ0v) is 10.2. The number of nitrogens with zero attached hydrogens (tertiary/aromatic N) is 1. The van der Waals surface area contributed by atoms with Crippen LogP contribution in [-0.4, -0.2) is 16.8 Å². The van der Waals surface area contributed by atoms with Gasteiger partial charge in [0.2, 0.25) is 11.8 Å². The summed E-state index contributed by atoms with van der Waals surface area (Å²) in [7, 11) is 0. The normalized spacial score (nSPS) is 19.5. The first kappa shape index (κ1) is 11.6. The fourth-order valence-electron chi connectivity index (χ4n) is 2.40. The number of imide groups is 1. The summed E-state index contributed by atoms with van der Waals surface area (Å²) in [5.74, 6) is -0.238. The Morgan fingerprint density at radius 3 is 2.84 bits per heavy atom. The first-order chi connectivity index (χ1) is 9.13. The maximum Gasteiger partial charge on any atom is 0.234 e. The van der Waals surface area contributed by atoms with Crippen LogP contribution in [-0.2, 0) is 9.59 Å². The summed E-state index contributed by atoms with van der Waals surface area (Å²) in [6.45, 7) is 0. The monoisotopic (exact) mass is 255 g/mol. The third-order valence-electron chi connectivity index (χ3n) is 3.41. The van der Waals surface area contributed by atoms with E-state index < -0.39 is 0 Å². The Bertz CT molecular complexity index is 681. The van der Waals surface area contributed by atoms with Gasteiger partial charge in [-0.25, -0.2) is 4.98 Å². The van der Waals surface area contributed by atoms with E-state index in [-0.39, 0.29) is 17.7 Å². The molecule has 1 unspecified atom stereocenters. The molecular formula is C14H13N3O2. The van der Waals surface area contributed by atoms with Crippen molar-refractivity contribution >= 4 is 28.4 Å². The molecule has 2 aromatic rings. The van der Waals surface area contributed by atoms with Gasteiger partial charge in [0.25, 0.3) is 0 Å². The SMILES string of the molecule is Nc1cc2cc(C3CCC(=O)NC3=O)ccc2cn1. The van der Waals surface area contributed by atoms with Gasteiger partial charge in [-0.15, -0.1) is 0 Å². The standard InChI is InChI=1S/C14H13N3O2/c15-12-6-10-5-8(1-2-9(10)7-16-12)11-3-4-13(18)17-14(11)19/h1-2,5-7,11H,3-4H2,(H2,15,16)(H,17,18,19). The van der Waals surface area contributed by atoms with Crippen LogP contribution in [0, 0.1) is 0 Å². The zero-order valence-electron chi connectivity index (χ0n) is 10.2. The smallest absolute Gasteiger partial charge is 0.234 e. The molecular weight excluding hydrogens is 242 g/mol. The fraction of sp³-hybridized carbons (Fsp3) is 0.214. The molecule has 0 radical (unpaired) electrons. The number of nitrogen functional groups attached to an aromatic ring is 1. The molecule has 19 heavy (non-hydrogen) atoms. The van der Waals surface area contributed by atoms with Gasteiger partial charge in [0.1, 0.15) is 5.82 Å². The van der Waals surface area contributed by atoms with Gasteiger partial charge in [-0.1, -0.05) is 18.2 Å². The minimum atomic E-state index is -0.267. The number of pyridine rings is 1. The van der Waals surface area contributed by atoms with E-state index in [1.807, 2.05) is 18.2 Å². The Morgan fingerprint density at radius 1 is 1.21 bits per heavy atom. The molecule has 2 amide bonds. The van der Waals surface area contributed by atoms with E-state index in [1.165, 1.54) is 0 Å². The number of hydrogen-bond donors (Lipinski definition) is 2. The highest BCUT2D eigenvalue weighted by Crippen LogP contribution is 2.27. The average molecular weight is 255 g/mol. The van der Waals surface area contributed by atoms with Crippen molar-refractivity contribution in [3.8, 4) is 0 Å². The largest absolute Gasteiger partial charge is 0.384 e. The third-order valence-corrected chi connectivity index (χ3v) is 3.41. The molecule has 3 rings (SSSR count). The van der Waals surface area contributed by atoms with Crippen molar-refractivity contribution in [3.05, 3.63) is 36.0 Å². The maximum atomic E-state index is 11.8. The molecule has 1 aromatic carbocycles. The molecule has 1 atom stereocenters. The lowest BCUT2D eigenvalue weighted by molar-refractivity contribution is -0.134. The number of nitrogens with two attached hydrogens (primary N) is 1. The highest BCUT2D eigenvalue weighted by atomic mass is 16.2. The Balaban J connectivity index is 2.01. The quantitative estimate of drug-likeness (QED) is 0.753. The van der Waals surface area contributed by atoms with Crippen molar-refractivity contribution in [1.29, 1.82) is 0 Å². The third kappa shape index (κ3) is 2.14. The van der Waals surface area contributed by atoms with Crippen LogP contribution in [0.1, 0.15) is 24.3 Å². The highest BCUT2D eigenvalue weighted by molar-refractivity contribution is 6.01. The van der Waals surface area contributed by atoms with Crippen molar-refractivity contribution in [2.45, 2.75) is 18.8 Å². The van der Waals surface area contributed by atoms with E-state index in [0.29, 0.717) is 18.7 Å². The van der Waals surface area contributed by atoms with E-state index in [1.54, 1.807) is 12.3 Å². The number of hydrogen-bond acceptors (Lipinski definition) is 4. The second kappa shape index (κ2) is 4.35. The van der Waals surface area contributed by atoms with Crippen molar-refractivity contribution in [3.63, 3.8) is 0 Å². The van der Waals surface area contributed by atoms with Gasteiger partial charge in [-0.05, 0) is 23.4 Å². The highest BCUT2D eigenvalue weighted by Gasteiger charge is 2.27. The molecule has 1 aliphatic heterocycles. The number of benzene rings is 1. The average Bonchev–Trinajstić information content (AvgIpc) is 2.38. The number of carbonyl (C=O) groups is 2. The molecule has 5 heteroatoms. The summed E-state index contributed by atoms with van der Waals surface area (Å²) in [4.78, 5) is 27.0. The first-order valence-electron chi connectivity index (χ1n) is 6.12. The van der Waals surface area contributed by atoms with Crippen LogP contribution in [0.3, 0.4) is 0 Å². The summed E-state index contributed by atoms with van der Waals surface area (Å²) in [6.07, 6.45) is 2.64. The lowest BCUT2D eigenvalue weighted by atomic mass is 9.89. The molecule has 0 saturated carbocycles. The zero-order chi connectivity index (χ0) is 13.4. The van der Waals surface area contributed by atoms with Gasteiger partial charge in [0, 0.05) is 18.0 Å². The molecule has 1 fully saturated rings. The molecule has 0 bridgehead atoms. The molecule has 2 heterocycles. The minimum Gasteiger partial charge on any atom is -0.384 e. The van der Waals surface area contributed by atoms with E-state index in [9.17, 15) is 9.59 Å². The number of rotatable bonds is 1. The van der Waals surface area contributed by atoms with Crippen LogP contribution in [0.4, 0.5) is 5.82 Å². The lowest BCUT2D eigenvalue weighted by Gasteiger charge is -2.21. The van der Waals surface area contributed by atoms with Crippen molar-refractivity contribution < 1.29 is 9.59 Å². The van der Waals surface area contributed by atoms with Crippen LogP contribution in [0.2, 0.25) is 0 Å². The fourth-order valence-corrected chi connectivity index (χ4v) is 2.40. The number of carbonyl (C=O) groups excluding carboxylic acids is 2. The second-order valence-corrected chi connectivity index (χ2v) is 4.72. The molecule has 3 N–H and O–H groups in total. The van der Waals surface area contributed by atoms with Gasteiger partial charge in [0.15, 0.2) is 0 Å². The number of nitrogens with one attached hydrogen (secondary N) is 1. The second-order valence-electron chi connectivity index (χ2n) is 4.72. The molecule has 0 spiro atoms. The topological polar surface area (TPSA) is 85.1 Å². The predicted octanol–water partition coefficient (Wildman–Crippen LogP) is 1.34. The van der Waals surface area contributed by atoms with Gasteiger partial charge in [-0.3, -0.25) is 14.9 Å². The molecule has 0 aliphatic carbocycles. The number of fused-ring (bicyclic) bond motifs is 1. The Hall–Kier alpha value is -2.43. The number of aromatic nitrogens is 1. The Morgan fingerprint density at radius 2 is 2.05 bits per heavy atom. The summed E-state index contributed by atoms with van der Waals surface area (Å²) in [6, 6.07) is 7.54. The van der Waals surface area contributed by atoms with Gasteiger partial charge < -0.3 is 5.73 Å². The molecule has 5 nitrogen and oxygen atoms in total. The molecule has 1 saturated heterocycles. The van der Waals surface area contributed by atoms with Crippen LogP contribution >= 0.6 is 0 Å². The van der Waals surface area contributed by atoms with Crippen molar-refractivity contribution in [2.75, 3.05) is 5.73 Å². The van der Waals surface area contributed by atoms with Gasteiger partial charge >= 0.3 is 0 Å². The Kier molecular flexibility index (Phi) is 2.67.